The molecule has 0 spiro atoms. The monoisotopic (exact) mass is 474 g/mol. The van der Waals surface area contributed by atoms with Gasteiger partial charge in [0.25, 0.3) is 0 Å². The van der Waals surface area contributed by atoms with Gasteiger partial charge in [0.1, 0.15) is 22.8 Å². The highest BCUT2D eigenvalue weighted by molar-refractivity contribution is 6.03. The van der Waals surface area contributed by atoms with Crippen molar-refractivity contribution < 1.29 is 27.8 Å². The predicted octanol–water partition coefficient (Wildman–Crippen LogP) is 4.83. The number of methoxy groups -OCH3 is 1. The summed E-state index contributed by atoms with van der Waals surface area (Å²) in [6.07, 6.45) is -1.67. The van der Waals surface area contributed by atoms with Gasteiger partial charge in [0.05, 0.1) is 18.5 Å². The van der Waals surface area contributed by atoms with E-state index in [-0.39, 0.29) is 29.0 Å². The third-order valence-corrected chi connectivity index (χ3v) is 4.69. The summed E-state index contributed by atoms with van der Waals surface area (Å²) in [7, 11) is 1.43. The first-order valence-electron chi connectivity index (χ1n) is 9.78. The van der Waals surface area contributed by atoms with E-state index in [9.17, 15) is 23.1 Å². The molecule has 3 aromatic rings. The number of anilines is 5. The molecule has 9 nitrogen and oxygen atoms in total. The number of carbonyl (C=O) groups excluding carboxylic acids is 1. The highest BCUT2D eigenvalue weighted by Crippen LogP contribution is 2.40. The average molecular weight is 474 g/mol. The number of ether oxygens (including phenoxy) is 1. The molecule has 0 saturated heterocycles. The van der Waals surface area contributed by atoms with Crippen LogP contribution >= 0.6 is 0 Å². The number of alkyl halides is 3. The van der Waals surface area contributed by atoms with E-state index in [1.165, 1.54) is 25.4 Å². The van der Waals surface area contributed by atoms with Crippen molar-refractivity contribution in [1.82, 2.24) is 15.0 Å². The van der Waals surface area contributed by atoms with E-state index < -0.39 is 23.5 Å². The first-order chi connectivity index (χ1) is 16.0. The summed E-state index contributed by atoms with van der Waals surface area (Å²) in [4.78, 5) is 23.6. The second-order valence-corrected chi connectivity index (χ2v) is 7.09. The number of benzene rings is 1. The molecule has 0 aliphatic rings. The van der Waals surface area contributed by atoms with Crippen LogP contribution in [0.25, 0.3) is 0 Å². The highest BCUT2D eigenvalue weighted by atomic mass is 19.4. The van der Waals surface area contributed by atoms with Crippen LogP contribution in [0.3, 0.4) is 0 Å². The molecule has 0 unspecified atom stereocenters. The summed E-state index contributed by atoms with van der Waals surface area (Å²) < 4.78 is 46.1. The smallest absolute Gasteiger partial charge is 0.421 e. The molecular formula is C22H21F3N6O3. The largest absolute Gasteiger partial charge is 0.505 e. The number of nitrogens with zero attached hydrogens (tertiary/aromatic N) is 3. The highest BCUT2D eigenvalue weighted by Gasteiger charge is 2.35. The van der Waals surface area contributed by atoms with Crippen LogP contribution in [-0.4, -0.2) is 33.1 Å². The van der Waals surface area contributed by atoms with Crippen molar-refractivity contribution in [2.45, 2.75) is 20.0 Å². The van der Waals surface area contributed by atoms with E-state index in [1.54, 1.807) is 19.9 Å². The van der Waals surface area contributed by atoms with E-state index >= 15 is 0 Å². The number of hydrogen-bond acceptors (Lipinski definition) is 8. The van der Waals surface area contributed by atoms with Crippen molar-refractivity contribution in [3.8, 4) is 11.6 Å². The second kappa shape index (κ2) is 9.65. The van der Waals surface area contributed by atoms with Crippen LogP contribution in [0.5, 0.6) is 11.6 Å². The maximum absolute atomic E-state index is 13.7. The minimum atomic E-state index is -4.78. The van der Waals surface area contributed by atoms with Gasteiger partial charge in [-0.15, -0.1) is 0 Å². The lowest BCUT2D eigenvalue weighted by molar-refractivity contribution is -0.137. The second-order valence-electron chi connectivity index (χ2n) is 7.09. The van der Waals surface area contributed by atoms with Gasteiger partial charge in [0.2, 0.25) is 17.7 Å². The maximum atomic E-state index is 13.7. The van der Waals surface area contributed by atoms with E-state index in [0.717, 1.165) is 6.08 Å². The summed E-state index contributed by atoms with van der Waals surface area (Å²) in [5.41, 5.74) is 0.258. The fourth-order valence-corrected chi connectivity index (χ4v) is 2.84. The Hall–Kier alpha value is -4.35. The molecule has 3 rings (SSSR count). The summed E-state index contributed by atoms with van der Waals surface area (Å²) in [5, 5.41) is 18.2. The molecule has 4 N–H and O–H groups in total. The number of phenolic OH excluding ortho intramolecular Hbond substituents is 1. The normalized spacial score (nSPS) is 11.0. The van der Waals surface area contributed by atoms with Crippen molar-refractivity contribution in [3.63, 3.8) is 0 Å². The zero-order valence-electron chi connectivity index (χ0n) is 18.4. The Balaban J connectivity index is 2.06. The lowest BCUT2D eigenvalue weighted by atomic mass is 10.1. The third kappa shape index (κ3) is 5.34. The number of rotatable bonds is 7. The van der Waals surface area contributed by atoms with Gasteiger partial charge in [-0.2, -0.15) is 18.2 Å². The third-order valence-electron chi connectivity index (χ3n) is 4.69. The number of aryl methyl sites for hydroxylation is 2. The van der Waals surface area contributed by atoms with Gasteiger partial charge in [0, 0.05) is 18.5 Å². The molecule has 0 radical (unpaired) electrons. The molecule has 0 saturated carbocycles. The van der Waals surface area contributed by atoms with Crippen LogP contribution in [0.2, 0.25) is 0 Å². The van der Waals surface area contributed by atoms with Crippen LogP contribution in [0.1, 0.15) is 16.7 Å². The number of phenols is 1. The van der Waals surface area contributed by atoms with E-state index in [4.69, 9.17) is 4.74 Å². The van der Waals surface area contributed by atoms with Crippen molar-refractivity contribution in [2.75, 3.05) is 23.1 Å². The predicted molar refractivity (Wildman–Crippen MR) is 121 cm³/mol. The van der Waals surface area contributed by atoms with E-state index in [0.29, 0.717) is 23.0 Å². The zero-order valence-corrected chi connectivity index (χ0v) is 18.4. The molecule has 178 valence electrons. The summed E-state index contributed by atoms with van der Waals surface area (Å²) in [6, 6.07) is 4.42. The molecule has 2 aromatic heterocycles. The molecule has 0 atom stereocenters. The number of carbonyl (C=O) groups is 1. The molecule has 0 bridgehead atoms. The Morgan fingerprint density at radius 2 is 1.85 bits per heavy atom. The number of pyridine rings is 1. The Bertz CT molecular complexity index is 1250. The molecule has 34 heavy (non-hydrogen) atoms. The zero-order chi connectivity index (χ0) is 25.0. The lowest BCUT2D eigenvalue weighted by Gasteiger charge is -2.18. The van der Waals surface area contributed by atoms with Gasteiger partial charge in [-0.05, 0) is 37.1 Å². The van der Waals surface area contributed by atoms with Crippen molar-refractivity contribution in [2.24, 2.45) is 0 Å². The fraction of sp³-hybridized carbons (Fsp3) is 0.182. The van der Waals surface area contributed by atoms with Crippen molar-refractivity contribution >= 4 is 34.7 Å². The molecule has 0 fully saturated rings. The van der Waals surface area contributed by atoms with Crippen LogP contribution in [0, 0.1) is 13.8 Å². The molecular weight excluding hydrogens is 453 g/mol. The first-order valence-corrected chi connectivity index (χ1v) is 9.78. The molecule has 0 aliphatic heterocycles. The van der Waals surface area contributed by atoms with Crippen molar-refractivity contribution in [1.29, 1.82) is 0 Å². The summed E-state index contributed by atoms with van der Waals surface area (Å²) in [5.74, 6) is -1.43. The number of amides is 1. The Morgan fingerprint density at radius 3 is 2.50 bits per heavy atom. The number of hydrogen-bond donors (Lipinski definition) is 4. The number of halogens is 3. The van der Waals surface area contributed by atoms with Crippen LogP contribution in [-0.2, 0) is 11.0 Å². The van der Waals surface area contributed by atoms with E-state index in [2.05, 4.69) is 37.5 Å². The Labute approximate surface area is 192 Å². The number of nitrogens with one attached hydrogen (secondary N) is 3. The molecule has 1 aromatic carbocycles. The van der Waals surface area contributed by atoms with Gasteiger partial charge >= 0.3 is 6.18 Å². The first kappa shape index (κ1) is 24.3. The van der Waals surface area contributed by atoms with Crippen LogP contribution in [0.4, 0.5) is 42.0 Å². The summed E-state index contributed by atoms with van der Waals surface area (Å²) >= 11 is 0. The standard InChI is InChI=1S/C22H21F3N6O3/c1-5-16(32)30-18-14(7-6-11(2)19(18)33)28-20-13(22(23,24)25)10-27-21(31-20)29-15-8-17(34-4)26-9-12(15)3/h5-10,33H,1H2,2-4H3,(H,30,32)(H2,26,27,28,29,31). The van der Waals surface area contributed by atoms with E-state index in [1.807, 2.05) is 0 Å². The van der Waals surface area contributed by atoms with Crippen LogP contribution in [0.15, 0.2) is 43.2 Å². The number of aromatic hydroxyl groups is 1. The Kier molecular flexibility index (Phi) is 6.89. The van der Waals surface area contributed by atoms with Gasteiger partial charge in [-0.1, -0.05) is 12.6 Å². The summed E-state index contributed by atoms with van der Waals surface area (Å²) in [6.45, 7) is 6.64. The molecule has 2 heterocycles. The SMILES string of the molecule is C=CC(=O)Nc1c(Nc2nc(Nc3cc(OC)ncc3C)ncc2C(F)(F)F)ccc(C)c1O. The van der Waals surface area contributed by atoms with Gasteiger partial charge in [-0.25, -0.2) is 9.97 Å². The fourth-order valence-electron chi connectivity index (χ4n) is 2.84. The molecule has 0 aliphatic carbocycles. The Morgan fingerprint density at radius 1 is 1.12 bits per heavy atom. The minimum Gasteiger partial charge on any atom is -0.505 e. The topological polar surface area (TPSA) is 121 Å². The number of aromatic nitrogens is 3. The lowest BCUT2D eigenvalue weighted by Crippen LogP contribution is -2.14. The van der Waals surface area contributed by atoms with Crippen molar-refractivity contribution in [3.05, 3.63) is 59.9 Å². The van der Waals surface area contributed by atoms with Gasteiger partial charge in [-0.3, -0.25) is 4.79 Å². The maximum Gasteiger partial charge on any atom is 0.421 e. The van der Waals surface area contributed by atoms with Gasteiger partial charge < -0.3 is 25.8 Å². The van der Waals surface area contributed by atoms with Crippen LogP contribution < -0.4 is 20.7 Å². The molecule has 1 amide bonds. The quantitative estimate of drug-likeness (QED) is 0.284. The van der Waals surface area contributed by atoms with Gasteiger partial charge in [0.15, 0.2) is 0 Å². The average Bonchev–Trinajstić information content (AvgIpc) is 2.79. The molecule has 12 heteroatoms. The minimum absolute atomic E-state index is 0.0183.